The third-order valence-electron chi connectivity index (χ3n) is 2.38. The first-order valence-corrected chi connectivity index (χ1v) is 4.88. The Kier molecular flexibility index (Phi) is 2.46. The Bertz CT molecular complexity index is 457. The molecule has 2 rings (SSSR count). The summed E-state index contributed by atoms with van der Waals surface area (Å²) in [4.78, 5) is 7.42. The fraction of sp³-hybridized carbons (Fsp3) is 0.250. The van der Waals surface area contributed by atoms with Gasteiger partial charge in [-0.15, -0.1) is 0 Å². The number of methoxy groups -OCH3 is 1. The van der Waals surface area contributed by atoms with Gasteiger partial charge >= 0.3 is 0 Å². The van der Waals surface area contributed by atoms with Crippen LogP contribution in [0.2, 0.25) is 0 Å². The molecule has 0 aliphatic heterocycles. The molecule has 0 saturated heterocycles. The van der Waals surface area contributed by atoms with E-state index in [2.05, 4.69) is 41.2 Å². The number of nitrogens with zero attached hydrogens (tertiary/aromatic N) is 1. The molecule has 1 aromatic carbocycles. The number of benzene rings is 1. The molecule has 1 heterocycles. The molecule has 15 heavy (non-hydrogen) atoms. The molecule has 0 spiro atoms. The largest absolute Gasteiger partial charge is 0.468 e. The Morgan fingerprint density at radius 2 is 1.80 bits per heavy atom. The third kappa shape index (κ3) is 1.86. The van der Waals surface area contributed by atoms with Gasteiger partial charge < -0.3 is 9.72 Å². The molecule has 3 heteroatoms. The molecule has 2 aromatic rings. The van der Waals surface area contributed by atoms with Crippen molar-refractivity contribution in [3.8, 4) is 17.3 Å². The topological polar surface area (TPSA) is 37.9 Å². The average Bonchev–Trinajstić information content (AvgIpc) is 2.61. The molecule has 1 N–H and O–H groups in total. The van der Waals surface area contributed by atoms with E-state index >= 15 is 0 Å². The van der Waals surface area contributed by atoms with Crippen molar-refractivity contribution in [1.82, 2.24) is 9.97 Å². The van der Waals surface area contributed by atoms with Crippen LogP contribution in [-0.4, -0.2) is 17.1 Å². The number of ether oxygens (including phenoxy) is 1. The van der Waals surface area contributed by atoms with Crippen LogP contribution in [0.1, 0.15) is 11.3 Å². The van der Waals surface area contributed by atoms with Gasteiger partial charge in [0.15, 0.2) is 0 Å². The number of imidazole rings is 1. The van der Waals surface area contributed by atoms with Gasteiger partial charge in [0.25, 0.3) is 6.01 Å². The molecule has 1 aromatic heterocycles. The zero-order chi connectivity index (χ0) is 10.8. The minimum absolute atomic E-state index is 0.558. The second kappa shape index (κ2) is 3.77. The maximum absolute atomic E-state index is 5.05. The number of aromatic nitrogens is 2. The molecule has 0 unspecified atom stereocenters. The lowest BCUT2D eigenvalue weighted by atomic mass is 10.1. The Balaban J connectivity index is 2.44. The summed E-state index contributed by atoms with van der Waals surface area (Å²) in [5.74, 6) is 0. The summed E-state index contributed by atoms with van der Waals surface area (Å²) < 4.78 is 5.05. The molecular formula is C12H14N2O. The van der Waals surface area contributed by atoms with Crippen LogP contribution in [-0.2, 0) is 0 Å². The van der Waals surface area contributed by atoms with E-state index < -0.39 is 0 Å². The van der Waals surface area contributed by atoms with Crippen LogP contribution in [0.25, 0.3) is 11.3 Å². The zero-order valence-corrected chi connectivity index (χ0v) is 9.16. The molecule has 3 nitrogen and oxygen atoms in total. The lowest BCUT2D eigenvalue weighted by Gasteiger charge is -1.98. The van der Waals surface area contributed by atoms with E-state index in [0.717, 1.165) is 17.0 Å². The lowest BCUT2D eigenvalue weighted by Crippen LogP contribution is -1.83. The third-order valence-corrected chi connectivity index (χ3v) is 2.38. The quantitative estimate of drug-likeness (QED) is 0.813. The van der Waals surface area contributed by atoms with Crippen LogP contribution >= 0.6 is 0 Å². The number of aryl methyl sites for hydroxylation is 2. The van der Waals surface area contributed by atoms with Crippen LogP contribution in [0.3, 0.4) is 0 Å². The van der Waals surface area contributed by atoms with E-state index in [4.69, 9.17) is 4.74 Å². The first-order chi connectivity index (χ1) is 7.20. The average molecular weight is 202 g/mol. The predicted octanol–water partition coefficient (Wildman–Crippen LogP) is 2.70. The Hall–Kier alpha value is -1.77. The highest BCUT2D eigenvalue weighted by molar-refractivity contribution is 5.62. The monoisotopic (exact) mass is 202 g/mol. The minimum Gasteiger partial charge on any atom is -0.468 e. The Labute approximate surface area is 89.1 Å². The zero-order valence-electron chi connectivity index (χ0n) is 9.16. The van der Waals surface area contributed by atoms with Crippen molar-refractivity contribution in [3.63, 3.8) is 0 Å². The lowest BCUT2D eigenvalue weighted by molar-refractivity contribution is 0.384. The fourth-order valence-electron chi connectivity index (χ4n) is 1.52. The normalized spacial score (nSPS) is 10.3. The standard InChI is InChI=1S/C12H14N2O/c1-8-4-6-10(7-5-8)11-9(2)13-12(14-11)15-3/h4-7H,1-3H3,(H,13,14). The molecule has 0 atom stereocenters. The van der Waals surface area contributed by atoms with Crippen molar-refractivity contribution < 1.29 is 4.74 Å². The van der Waals surface area contributed by atoms with Crippen LogP contribution in [0.15, 0.2) is 24.3 Å². The predicted molar refractivity (Wildman–Crippen MR) is 60.0 cm³/mol. The Morgan fingerprint density at radius 3 is 2.33 bits per heavy atom. The van der Waals surface area contributed by atoms with Gasteiger partial charge in [-0.2, -0.15) is 4.98 Å². The summed E-state index contributed by atoms with van der Waals surface area (Å²) >= 11 is 0. The molecule has 0 saturated carbocycles. The van der Waals surface area contributed by atoms with Crippen molar-refractivity contribution >= 4 is 0 Å². The number of rotatable bonds is 2. The van der Waals surface area contributed by atoms with Gasteiger partial charge in [-0.05, 0) is 13.8 Å². The number of nitrogens with one attached hydrogen (secondary N) is 1. The van der Waals surface area contributed by atoms with Gasteiger partial charge in [0, 0.05) is 11.3 Å². The van der Waals surface area contributed by atoms with Gasteiger partial charge in [-0.3, -0.25) is 0 Å². The van der Waals surface area contributed by atoms with Crippen molar-refractivity contribution in [1.29, 1.82) is 0 Å². The second-order valence-corrected chi connectivity index (χ2v) is 3.59. The van der Waals surface area contributed by atoms with Crippen LogP contribution in [0.4, 0.5) is 0 Å². The first-order valence-electron chi connectivity index (χ1n) is 4.88. The van der Waals surface area contributed by atoms with Crippen LogP contribution in [0.5, 0.6) is 6.01 Å². The number of H-pyrrole nitrogens is 1. The van der Waals surface area contributed by atoms with Gasteiger partial charge in [-0.1, -0.05) is 29.8 Å². The van der Waals surface area contributed by atoms with E-state index in [1.165, 1.54) is 5.56 Å². The van der Waals surface area contributed by atoms with E-state index in [0.29, 0.717) is 6.01 Å². The summed E-state index contributed by atoms with van der Waals surface area (Å²) in [6.45, 7) is 4.06. The van der Waals surface area contributed by atoms with E-state index in [-0.39, 0.29) is 0 Å². The molecule has 0 aliphatic rings. The van der Waals surface area contributed by atoms with E-state index in [9.17, 15) is 0 Å². The van der Waals surface area contributed by atoms with Gasteiger partial charge in [-0.25, -0.2) is 0 Å². The van der Waals surface area contributed by atoms with Crippen LogP contribution in [0, 0.1) is 13.8 Å². The molecule has 0 radical (unpaired) electrons. The fourth-order valence-corrected chi connectivity index (χ4v) is 1.52. The molecule has 78 valence electrons. The van der Waals surface area contributed by atoms with Crippen molar-refractivity contribution in [2.24, 2.45) is 0 Å². The van der Waals surface area contributed by atoms with Gasteiger partial charge in [0.2, 0.25) is 0 Å². The molecule has 0 amide bonds. The van der Waals surface area contributed by atoms with Crippen molar-refractivity contribution in [3.05, 3.63) is 35.5 Å². The van der Waals surface area contributed by atoms with Gasteiger partial charge in [0.05, 0.1) is 12.8 Å². The molecular weight excluding hydrogens is 188 g/mol. The first kappa shape index (κ1) is 9.77. The minimum atomic E-state index is 0.558. The smallest absolute Gasteiger partial charge is 0.294 e. The summed E-state index contributed by atoms with van der Waals surface area (Å²) in [7, 11) is 1.61. The summed E-state index contributed by atoms with van der Waals surface area (Å²) in [5, 5.41) is 0. The molecule has 0 aliphatic carbocycles. The summed E-state index contributed by atoms with van der Waals surface area (Å²) in [6, 6.07) is 8.85. The van der Waals surface area contributed by atoms with E-state index in [1.807, 2.05) is 6.92 Å². The van der Waals surface area contributed by atoms with Crippen LogP contribution < -0.4 is 4.74 Å². The maximum atomic E-state index is 5.05. The molecule has 0 fully saturated rings. The highest BCUT2D eigenvalue weighted by atomic mass is 16.5. The van der Waals surface area contributed by atoms with E-state index in [1.54, 1.807) is 7.11 Å². The second-order valence-electron chi connectivity index (χ2n) is 3.59. The number of hydrogen-bond acceptors (Lipinski definition) is 2. The number of aromatic amines is 1. The SMILES string of the molecule is COc1nc(-c2ccc(C)cc2)c(C)[nH]1. The maximum Gasteiger partial charge on any atom is 0.294 e. The van der Waals surface area contributed by atoms with Crippen molar-refractivity contribution in [2.75, 3.05) is 7.11 Å². The molecule has 0 bridgehead atoms. The highest BCUT2D eigenvalue weighted by Gasteiger charge is 2.08. The summed E-state index contributed by atoms with van der Waals surface area (Å²) in [6.07, 6.45) is 0. The Morgan fingerprint density at radius 1 is 1.13 bits per heavy atom. The highest BCUT2D eigenvalue weighted by Crippen LogP contribution is 2.23. The number of hydrogen-bond donors (Lipinski definition) is 1. The summed E-state index contributed by atoms with van der Waals surface area (Å²) in [5.41, 5.74) is 4.33. The van der Waals surface area contributed by atoms with Crippen molar-refractivity contribution in [2.45, 2.75) is 13.8 Å². The van der Waals surface area contributed by atoms with Gasteiger partial charge in [0.1, 0.15) is 0 Å².